The van der Waals surface area contributed by atoms with Gasteiger partial charge in [0.15, 0.2) is 0 Å². The maximum absolute atomic E-state index is 10.4. The van der Waals surface area contributed by atoms with Gasteiger partial charge < -0.3 is 9.90 Å². The van der Waals surface area contributed by atoms with E-state index in [9.17, 15) is 9.90 Å². The summed E-state index contributed by atoms with van der Waals surface area (Å²) >= 11 is 4.14. The highest BCUT2D eigenvalue weighted by atomic mass is 127. The monoisotopic (exact) mass is 373 g/mol. The quantitative estimate of drug-likeness (QED) is 0.696. The van der Waals surface area contributed by atoms with E-state index in [0.717, 1.165) is 7.14 Å². The van der Waals surface area contributed by atoms with Crippen molar-refractivity contribution in [2.75, 3.05) is 0 Å². The molecule has 1 rings (SSSR count). The Labute approximate surface area is 91.3 Å². The Morgan fingerprint density at radius 1 is 1.18 bits per heavy atom. The van der Waals surface area contributed by atoms with Crippen LogP contribution in [0.2, 0.25) is 0 Å². The first-order valence-corrected chi connectivity index (χ1v) is 4.93. The van der Waals surface area contributed by atoms with Gasteiger partial charge in [0.2, 0.25) is 0 Å². The molecule has 0 saturated carbocycles. The molecule has 2 nitrogen and oxygen atoms in total. The van der Waals surface area contributed by atoms with E-state index < -0.39 is 5.97 Å². The van der Waals surface area contributed by atoms with Crippen molar-refractivity contribution in [2.45, 2.75) is 0 Å². The van der Waals surface area contributed by atoms with Crippen molar-refractivity contribution in [2.24, 2.45) is 0 Å². The van der Waals surface area contributed by atoms with E-state index in [2.05, 4.69) is 45.2 Å². The summed E-state index contributed by atoms with van der Waals surface area (Å²) in [6.07, 6.45) is 0. The minimum Gasteiger partial charge on any atom is -0.545 e. The van der Waals surface area contributed by atoms with Crippen molar-refractivity contribution in [3.63, 3.8) is 0 Å². The van der Waals surface area contributed by atoms with E-state index in [-0.39, 0.29) is 5.56 Å². The van der Waals surface area contributed by atoms with Crippen LogP contribution < -0.4 is 5.11 Å². The molecule has 1 aromatic rings. The number of carbonyl (C=O) groups excluding carboxylic acids is 1. The maximum atomic E-state index is 10.4. The fourth-order valence-corrected chi connectivity index (χ4v) is 2.61. The van der Waals surface area contributed by atoms with Gasteiger partial charge in [-0.15, -0.1) is 0 Å². The SMILES string of the molecule is O=C([O-])c1cc(I)cc(I)c1. The topological polar surface area (TPSA) is 40.1 Å². The minimum absolute atomic E-state index is 0.237. The van der Waals surface area contributed by atoms with Crippen molar-refractivity contribution in [1.82, 2.24) is 0 Å². The molecular formula is C7H3I2O2-. The number of carboxylic acid groups (broad SMARTS) is 1. The number of rotatable bonds is 1. The molecule has 0 aromatic heterocycles. The second-order valence-electron chi connectivity index (χ2n) is 1.95. The van der Waals surface area contributed by atoms with Gasteiger partial charge in [-0.3, -0.25) is 0 Å². The van der Waals surface area contributed by atoms with Gasteiger partial charge in [0.05, 0.1) is 5.97 Å². The average Bonchev–Trinajstić information content (AvgIpc) is 1.85. The van der Waals surface area contributed by atoms with Crippen LogP contribution in [0.15, 0.2) is 18.2 Å². The molecule has 0 aliphatic heterocycles. The van der Waals surface area contributed by atoms with E-state index in [0.29, 0.717) is 0 Å². The molecule has 0 saturated heterocycles. The Kier molecular flexibility index (Phi) is 3.11. The van der Waals surface area contributed by atoms with E-state index in [1.54, 1.807) is 12.1 Å². The third-order valence-electron chi connectivity index (χ3n) is 1.10. The van der Waals surface area contributed by atoms with Crippen LogP contribution in [0.25, 0.3) is 0 Å². The second-order valence-corrected chi connectivity index (χ2v) is 4.44. The van der Waals surface area contributed by atoms with Crippen molar-refractivity contribution in [3.05, 3.63) is 30.9 Å². The fraction of sp³-hybridized carbons (Fsp3) is 0. The van der Waals surface area contributed by atoms with Crippen LogP contribution in [0.3, 0.4) is 0 Å². The van der Waals surface area contributed by atoms with Gasteiger partial charge in [-0.05, 0) is 68.9 Å². The van der Waals surface area contributed by atoms with Gasteiger partial charge in [-0.1, -0.05) is 0 Å². The summed E-state index contributed by atoms with van der Waals surface area (Å²) in [4.78, 5) is 10.4. The second kappa shape index (κ2) is 3.70. The largest absolute Gasteiger partial charge is 0.545 e. The molecule has 1 aromatic carbocycles. The summed E-state index contributed by atoms with van der Waals surface area (Å²) in [5.74, 6) is -1.12. The zero-order valence-corrected chi connectivity index (χ0v) is 9.62. The molecule has 4 heteroatoms. The van der Waals surface area contributed by atoms with E-state index in [1.165, 1.54) is 0 Å². The normalized spacial score (nSPS) is 9.64. The first-order valence-electron chi connectivity index (χ1n) is 2.77. The lowest BCUT2D eigenvalue weighted by molar-refractivity contribution is -0.255. The van der Waals surface area contributed by atoms with Crippen LogP contribution in [0.1, 0.15) is 10.4 Å². The Morgan fingerprint density at radius 2 is 1.64 bits per heavy atom. The van der Waals surface area contributed by atoms with Gasteiger partial charge in [0.25, 0.3) is 0 Å². The van der Waals surface area contributed by atoms with Crippen LogP contribution in [0, 0.1) is 7.14 Å². The van der Waals surface area contributed by atoms with Crippen LogP contribution in [0.4, 0.5) is 0 Å². The third kappa shape index (κ3) is 2.58. The van der Waals surface area contributed by atoms with Crippen molar-refractivity contribution < 1.29 is 9.90 Å². The molecule has 11 heavy (non-hydrogen) atoms. The average molecular weight is 373 g/mol. The standard InChI is InChI=1S/C7H4I2O2/c8-5-1-4(7(10)11)2-6(9)3-5/h1-3H,(H,10,11)/p-1. The zero-order chi connectivity index (χ0) is 8.43. The number of hydrogen-bond acceptors (Lipinski definition) is 2. The Hall–Kier alpha value is 0.150. The molecule has 0 heterocycles. The fourth-order valence-electron chi connectivity index (χ4n) is 0.672. The lowest BCUT2D eigenvalue weighted by Gasteiger charge is -2.02. The molecule has 0 radical (unpaired) electrons. The maximum Gasteiger partial charge on any atom is 0.0716 e. The lowest BCUT2D eigenvalue weighted by atomic mass is 10.2. The predicted molar refractivity (Wildman–Crippen MR) is 56.2 cm³/mol. The predicted octanol–water partition coefficient (Wildman–Crippen LogP) is 1.26. The van der Waals surface area contributed by atoms with Gasteiger partial charge in [0, 0.05) is 7.14 Å². The molecule has 0 spiro atoms. The van der Waals surface area contributed by atoms with Crippen LogP contribution >= 0.6 is 45.2 Å². The van der Waals surface area contributed by atoms with E-state index in [4.69, 9.17) is 0 Å². The highest BCUT2D eigenvalue weighted by Gasteiger charge is 1.96. The number of halogens is 2. The van der Waals surface area contributed by atoms with Crippen molar-refractivity contribution in [3.8, 4) is 0 Å². The summed E-state index contributed by atoms with van der Waals surface area (Å²) in [6.45, 7) is 0. The van der Waals surface area contributed by atoms with Gasteiger partial charge in [-0.2, -0.15) is 0 Å². The van der Waals surface area contributed by atoms with Crippen LogP contribution in [-0.4, -0.2) is 5.97 Å². The Balaban J connectivity index is 3.19. The summed E-state index contributed by atoms with van der Waals surface area (Å²) in [7, 11) is 0. The van der Waals surface area contributed by atoms with E-state index in [1.807, 2.05) is 6.07 Å². The molecule has 0 fully saturated rings. The van der Waals surface area contributed by atoms with Gasteiger partial charge in [-0.25, -0.2) is 0 Å². The van der Waals surface area contributed by atoms with Crippen molar-refractivity contribution in [1.29, 1.82) is 0 Å². The van der Waals surface area contributed by atoms with Crippen LogP contribution in [0.5, 0.6) is 0 Å². The number of aromatic carboxylic acids is 1. The van der Waals surface area contributed by atoms with Gasteiger partial charge in [0.1, 0.15) is 0 Å². The number of hydrogen-bond donors (Lipinski definition) is 0. The number of benzene rings is 1. The molecule has 0 aliphatic carbocycles. The smallest absolute Gasteiger partial charge is 0.0716 e. The van der Waals surface area contributed by atoms with Crippen LogP contribution in [-0.2, 0) is 0 Å². The molecular weight excluding hydrogens is 370 g/mol. The lowest BCUT2D eigenvalue weighted by Crippen LogP contribution is -2.22. The Morgan fingerprint density at radius 3 is 2.00 bits per heavy atom. The van der Waals surface area contributed by atoms with E-state index >= 15 is 0 Å². The molecule has 0 bridgehead atoms. The first-order chi connectivity index (χ1) is 5.09. The summed E-state index contributed by atoms with van der Waals surface area (Å²) in [5, 5.41) is 10.4. The molecule has 0 N–H and O–H groups in total. The summed E-state index contributed by atoms with van der Waals surface area (Å²) < 4.78 is 1.82. The molecule has 0 atom stereocenters. The number of carbonyl (C=O) groups is 1. The van der Waals surface area contributed by atoms with Crippen molar-refractivity contribution >= 4 is 51.2 Å². The number of carboxylic acids is 1. The molecule has 0 unspecified atom stereocenters. The third-order valence-corrected chi connectivity index (χ3v) is 2.34. The summed E-state index contributed by atoms with van der Waals surface area (Å²) in [6, 6.07) is 5.06. The summed E-state index contributed by atoms with van der Waals surface area (Å²) in [5.41, 5.74) is 0.237. The highest BCUT2D eigenvalue weighted by Crippen LogP contribution is 2.13. The highest BCUT2D eigenvalue weighted by molar-refractivity contribution is 14.1. The molecule has 0 aliphatic rings. The Bertz CT molecular complexity index is 276. The minimum atomic E-state index is -1.12. The first kappa shape index (κ1) is 9.24. The van der Waals surface area contributed by atoms with Gasteiger partial charge >= 0.3 is 0 Å². The molecule has 0 amide bonds. The molecule has 58 valence electrons. The zero-order valence-electron chi connectivity index (χ0n) is 5.30.